The number of aromatic nitrogens is 2. The minimum Gasteiger partial charge on any atom is -0.368 e. The van der Waals surface area contributed by atoms with Gasteiger partial charge in [0.15, 0.2) is 5.82 Å². The standard InChI is InChI=1S/C22H29N5S/c1-16(2)19(27-12-10-26(3)11-13-27)15-23-21-17-7-4-5-8-18(17)24-22(25-21)20-9-6-14-28-20/h4-9,14,16,19H,10-13,15H2,1-3H3,(H,23,24,25). The second kappa shape index (κ2) is 8.55. The molecule has 6 heteroatoms. The summed E-state index contributed by atoms with van der Waals surface area (Å²) in [6.45, 7) is 10.1. The molecule has 1 unspecified atom stereocenters. The van der Waals surface area contributed by atoms with Gasteiger partial charge in [-0.05, 0) is 36.5 Å². The second-order valence-electron chi connectivity index (χ2n) is 7.92. The molecule has 3 heterocycles. The SMILES string of the molecule is CC(C)C(CNc1nc(-c2cccs2)nc2ccccc12)N1CCN(C)CC1. The Kier molecular flexibility index (Phi) is 5.90. The first-order valence-corrected chi connectivity index (χ1v) is 11.0. The third-order valence-electron chi connectivity index (χ3n) is 5.60. The molecule has 0 amide bonds. The molecule has 1 aromatic carbocycles. The van der Waals surface area contributed by atoms with E-state index >= 15 is 0 Å². The number of fused-ring (bicyclic) bond motifs is 1. The number of rotatable bonds is 6. The van der Waals surface area contributed by atoms with Crippen molar-refractivity contribution < 1.29 is 0 Å². The van der Waals surface area contributed by atoms with Crippen molar-refractivity contribution in [3.05, 3.63) is 41.8 Å². The normalized spacial score (nSPS) is 17.3. The van der Waals surface area contributed by atoms with Crippen molar-refractivity contribution in [2.75, 3.05) is 45.1 Å². The van der Waals surface area contributed by atoms with Gasteiger partial charge in [0.05, 0.1) is 10.4 Å². The van der Waals surface area contributed by atoms with Gasteiger partial charge in [-0.1, -0.05) is 32.0 Å². The number of likely N-dealkylation sites (N-methyl/N-ethyl adjacent to an activating group) is 1. The summed E-state index contributed by atoms with van der Waals surface area (Å²) in [7, 11) is 2.21. The lowest BCUT2D eigenvalue weighted by molar-refractivity contribution is 0.0944. The van der Waals surface area contributed by atoms with Crippen LogP contribution in [0.4, 0.5) is 5.82 Å². The molecule has 4 rings (SSSR count). The maximum Gasteiger partial charge on any atom is 0.172 e. The van der Waals surface area contributed by atoms with E-state index in [4.69, 9.17) is 9.97 Å². The van der Waals surface area contributed by atoms with Gasteiger partial charge in [-0.2, -0.15) is 0 Å². The van der Waals surface area contributed by atoms with Crippen LogP contribution in [0.15, 0.2) is 41.8 Å². The molecule has 5 nitrogen and oxygen atoms in total. The summed E-state index contributed by atoms with van der Waals surface area (Å²) in [5.41, 5.74) is 0.990. The first-order valence-electron chi connectivity index (χ1n) is 10.1. The Labute approximate surface area is 171 Å². The smallest absolute Gasteiger partial charge is 0.172 e. The van der Waals surface area contributed by atoms with E-state index in [1.54, 1.807) is 11.3 Å². The molecule has 1 aliphatic rings. The molecule has 1 fully saturated rings. The summed E-state index contributed by atoms with van der Waals surface area (Å²) >= 11 is 1.68. The molecular formula is C22H29N5S. The molecule has 0 bridgehead atoms. The second-order valence-corrected chi connectivity index (χ2v) is 8.87. The molecule has 2 aromatic heterocycles. The summed E-state index contributed by atoms with van der Waals surface area (Å²) in [6.07, 6.45) is 0. The summed E-state index contributed by atoms with van der Waals surface area (Å²) in [4.78, 5) is 15.8. The fourth-order valence-corrected chi connectivity index (χ4v) is 4.53. The Balaban J connectivity index is 1.59. The van der Waals surface area contributed by atoms with Gasteiger partial charge in [0.2, 0.25) is 0 Å². The first kappa shape index (κ1) is 19.3. The molecule has 28 heavy (non-hydrogen) atoms. The number of para-hydroxylation sites is 1. The number of nitrogens with zero attached hydrogens (tertiary/aromatic N) is 4. The van der Waals surface area contributed by atoms with Crippen LogP contribution in [-0.2, 0) is 0 Å². The summed E-state index contributed by atoms with van der Waals surface area (Å²) < 4.78 is 0. The van der Waals surface area contributed by atoms with Crippen molar-refractivity contribution in [2.45, 2.75) is 19.9 Å². The zero-order valence-corrected chi connectivity index (χ0v) is 17.7. The molecule has 0 radical (unpaired) electrons. The van der Waals surface area contributed by atoms with Crippen molar-refractivity contribution >= 4 is 28.1 Å². The number of hydrogen-bond donors (Lipinski definition) is 1. The van der Waals surface area contributed by atoms with Gasteiger partial charge in [0, 0.05) is 44.2 Å². The average Bonchev–Trinajstić information content (AvgIpc) is 3.24. The van der Waals surface area contributed by atoms with Crippen LogP contribution in [0.2, 0.25) is 0 Å². The van der Waals surface area contributed by atoms with Gasteiger partial charge >= 0.3 is 0 Å². The zero-order chi connectivity index (χ0) is 19.5. The maximum absolute atomic E-state index is 4.89. The van der Waals surface area contributed by atoms with E-state index < -0.39 is 0 Å². The molecule has 0 saturated carbocycles. The lowest BCUT2D eigenvalue weighted by atomic mass is 10.0. The molecule has 1 N–H and O–H groups in total. The number of benzene rings is 1. The van der Waals surface area contributed by atoms with Crippen molar-refractivity contribution in [3.63, 3.8) is 0 Å². The van der Waals surface area contributed by atoms with Crippen molar-refractivity contribution in [1.29, 1.82) is 0 Å². The minimum atomic E-state index is 0.493. The lowest BCUT2D eigenvalue weighted by Gasteiger charge is -2.40. The monoisotopic (exact) mass is 395 g/mol. The van der Waals surface area contributed by atoms with Crippen LogP contribution < -0.4 is 5.32 Å². The molecule has 1 aliphatic heterocycles. The van der Waals surface area contributed by atoms with Gasteiger partial charge in [-0.3, -0.25) is 4.90 Å². The molecule has 3 aromatic rings. The van der Waals surface area contributed by atoms with Crippen LogP contribution in [-0.4, -0.2) is 65.6 Å². The van der Waals surface area contributed by atoms with E-state index in [-0.39, 0.29) is 0 Å². The van der Waals surface area contributed by atoms with Crippen molar-refractivity contribution in [2.24, 2.45) is 5.92 Å². The van der Waals surface area contributed by atoms with Crippen LogP contribution >= 0.6 is 11.3 Å². The third-order valence-corrected chi connectivity index (χ3v) is 6.47. The van der Waals surface area contributed by atoms with Crippen molar-refractivity contribution in [3.8, 4) is 10.7 Å². The Bertz CT molecular complexity index is 900. The van der Waals surface area contributed by atoms with Crippen LogP contribution in [0.25, 0.3) is 21.6 Å². The van der Waals surface area contributed by atoms with E-state index in [2.05, 4.69) is 65.7 Å². The Morgan fingerprint density at radius 1 is 1.04 bits per heavy atom. The molecule has 1 saturated heterocycles. The van der Waals surface area contributed by atoms with E-state index in [0.717, 1.165) is 60.1 Å². The maximum atomic E-state index is 4.89. The van der Waals surface area contributed by atoms with E-state index in [0.29, 0.717) is 12.0 Å². The molecular weight excluding hydrogens is 366 g/mol. The highest BCUT2D eigenvalue weighted by Crippen LogP contribution is 2.27. The van der Waals surface area contributed by atoms with Crippen LogP contribution in [0, 0.1) is 5.92 Å². The third kappa shape index (κ3) is 4.19. The number of thiophene rings is 1. The van der Waals surface area contributed by atoms with E-state index in [1.807, 2.05) is 12.1 Å². The minimum absolute atomic E-state index is 0.493. The topological polar surface area (TPSA) is 44.3 Å². The van der Waals surface area contributed by atoms with Gasteiger partial charge < -0.3 is 10.2 Å². The summed E-state index contributed by atoms with van der Waals surface area (Å²) in [5.74, 6) is 2.33. The van der Waals surface area contributed by atoms with Crippen LogP contribution in [0.1, 0.15) is 13.8 Å². The predicted molar refractivity (Wildman–Crippen MR) is 119 cm³/mol. The van der Waals surface area contributed by atoms with Crippen LogP contribution in [0.5, 0.6) is 0 Å². The molecule has 148 valence electrons. The molecule has 0 aliphatic carbocycles. The highest BCUT2D eigenvalue weighted by Gasteiger charge is 2.25. The number of anilines is 1. The predicted octanol–water partition coefficient (Wildman–Crippen LogP) is 4.04. The van der Waals surface area contributed by atoms with Gasteiger partial charge in [0.25, 0.3) is 0 Å². The number of hydrogen-bond acceptors (Lipinski definition) is 6. The zero-order valence-electron chi connectivity index (χ0n) is 16.9. The van der Waals surface area contributed by atoms with Gasteiger partial charge in [-0.25, -0.2) is 9.97 Å². The number of nitrogens with one attached hydrogen (secondary N) is 1. The first-order chi connectivity index (χ1) is 13.6. The van der Waals surface area contributed by atoms with E-state index in [9.17, 15) is 0 Å². The van der Waals surface area contributed by atoms with Gasteiger partial charge in [0.1, 0.15) is 5.82 Å². The Morgan fingerprint density at radius 2 is 1.82 bits per heavy atom. The average molecular weight is 396 g/mol. The Morgan fingerprint density at radius 3 is 2.54 bits per heavy atom. The highest BCUT2D eigenvalue weighted by molar-refractivity contribution is 7.13. The van der Waals surface area contributed by atoms with Crippen LogP contribution in [0.3, 0.4) is 0 Å². The Hall–Kier alpha value is -2.02. The molecule has 1 atom stereocenters. The summed E-state index contributed by atoms with van der Waals surface area (Å²) in [5, 5.41) is 6.84. The quantitative estimate of drug-likeness (QED) is 0.682. The van der Waals surface area contributed by atoms with E-state index in [1.165, 1.54) is 0 Å². The largest absolute Gasteiger partial charge is 0.368 e. The highest BCUT2D eigenvalue weighted by atomic mass is 32.1. The lowest BCUT2D eigenvalue weighted by Crippen LogP contribution is -2.52. The summed E-state index contributed by atoms with van der Waals surface area (Å²) in [6, 6.07) is 12.9. The fourth-order valence-electron chi connectivity index (χ4n) is 3.87. The van der Waals surface area contributed by atoms with Gasteiger partial charge in [-0.15, -0.1) is 11.3 Å². The fraction of sp³-hybridized carbons (Fsp3) is 0.455. The number of piperazine rings is 1. The molecule has 0 spiro atoms. The van der Waals surface area contributed by atoms with Crippen molar-refractivity contribution in [1.82, 2.24) is 19.8 Å².